The maximum absolute atomic E-state index is 10.5. The molecule has 82 valence electrons. The molecule has 0 saturated heterocycles. The third-order valence-electron chi connectivity index (χ3n) is 1.81. The number of aromatic nitrogens is 1. The Balaban J connectivity index is 2.87. The van der Waals surface area contributed by atoms with Crippen LogP contribution in [0.2, 0.25) is 0 Å². The minimum atomic E-state index is -0.452. The van der Waals surface area contributed by atoms with Crippen molar-refractivity contribution in [1.29, 1.82) is 0 Å². The fraction of sp³-hybridized carbons (Fsp3) is 0.444. The Morgan fingerprint density at radius 1 is 1.67 bits per heavy atom. The molecular weight excluding hydrogens is 216 g/mol. The molecule has 1 aromatic heterocycles. The molecule has 0 spiro atoms. The van der Waals surface area contributed by atoms with Crippen LogP contribution in [0.1, 0.15) is 12.6 Å². The molecule has 15 heavy (non-hydrogen) atoms. The van der Waals surface area contributed by atoms with E-state index in [-0.39, 0.29) is 17.5 Å². The van der Waals surface area contributed by atoms with E-state index in [2.05, 4.69) is 4.98 Å². The minimum Gasteiger partial charge on any atom is -0.395 e. The summed E-state index contributed by atoms with van der Waals surface area (Å²) in [7, 11) is 0. The number of nitrogens with zero attached hydrogens (tertiary/aromatic N) is 2. The maximum Gasteiger partial charge on any atom is 0.290 e. The highest BCUT2D eigenvalue weighted by atomic mass is 32.2. The predicted octanol–water partition coefficient (Wildman–Crippen LogP) is 1.77. The highest BCUT2D eigenvalue weighted by Gasteiger charge is 2.13. The standard InChI is InChI=1S/C9H12N2O3S/c1-6(5-12)15-9-4-3-8(11(13)14)7(2)10-9/h3-4,6,12H,5H2,1-2H3. The maximum atomic E-state index is 10.5. The molecule has 0 fully saturated rings. The van der Waals surface area contributed by atoms with Crippen LogP contribution in [0, 0.1) is 17.0 Å². The predicted molar refractivity (Wildman–Crippen MR) is 58.0 cm³/mol. The first-order valence-corrected chi connectivity index (χ1v) is 5.32. The van der Waals surface area contributed by atoms with Gasteiger partial charge in [0.1, 0.15) is 5.69 Å². The van der Waals surface area contributed by atoms with Gasteiger partial charge in [0, 0.05) is 11.3 Å². The van der Waals surface area contributed by atoms with Crippen LogP contribution in [0.5, 0.6) is 0 Å². The minimum absolute atomic E-state index is 0.0241. The lowest BCUT2D eigenvalue weighted by atomic mass is 10.3. The molecule has 0 aliphatic heterocycles. The zero-order valence-corrected chi connectivity index (χ0v) is 9.32. The smallest absolute Gasteiger partial charge is 0.290 e. The van der Waals surface area contributed by atoms with Gasteiger partial charge in [-0.1, -0.05) is 6.92 Å². The first kappa shape index (κ1) is 11.9. The zero-order chi connectivity index (χ0) is 11.4. The van der Waals surface area contributed by atoms with Crippen molar-refractivity contribution in [3.63, 3.8) is 0 Å². The fourth-order valence-corrected chi connectivity index (χ4v) is 1.86. The SMILES string of the molecule is Cc1nc(SC(C)CO)ccc1[N+](=O)[O-]. The van der Waals surface area contributed by atoms with Gasteiger partial charge in [-0.25, -0.2) is 4.98 Å². The summed E-state index contributed by atoms with van der Waals surface area (Å²) in [5.41, 5.74) is 0.422. The molecule has 5 nitrogen and oxygen atoms in total. The number of rotatable bonds is 4. The number of nitro groups is 1. The van der Waals surface area contributed by atoms with Crippen molar-refractivity contribution >= 4 is 17.4 Å². The average molecular weight is 228 g/mol. The third-order valence-corrected chi connectivity index (χ3v) is 2.83. The molecule has 1 atom stereocenters. The first-order chi connectivity index (χ1) is 7.04. The molecule has 1 aromatic rings. The zero-order valence-electron chi connectivity index (χ0n) is 8.51. The summed E-state index contributed by atoms with van der Waals surface area (Å²) >= 11 is 1.39. The van der Waals surface area contributed by atoms with Gasteiger partial charge >= 0.3 is 0 Å². The molecule has 6 heteroatoms. The van der Waals surface area contributed by atoms with Crippen LogP contribution in [0.4, 0.5) is 5.69 Å². The van der Waals surface area contributed by atoms with E-state index >= 15 is 0 Å². The quantitative estimate of drug-likeness (QED) is 0.483. The summed E-state index contributed by atoms with van der Waals surface area (Å²) < 4.78 is 0. The summed E-state index contributed by atoms with van der Waals surface area (Å²) in [4.78, 5) is 14.2. The summed E-state index contributed by atoms with van der Waals surface area (Å²) in [5.74, 6) is 0. The van der Waals surface area contributed by atoms with E-state index in [0.717, 1.165) is 0 Å². The number of hydrogen-bond acceptors (Lipinski definition) is 5. The van der Waals surface area contributed by atoms with Crippen LogP contribution in [0.3, 0.4) is 0 Å². The highest BCUT2D eigenvalue weighted by molar-refractivity contribution is 7.99. The average Bonchev–Trinajstić information content (AvgIpc) is 2.17. The molecule has 1 N–H and O–H groups in total. The molecule has 0 aromatic carbocycles. The molecule has 0 radical (unpaired) electrons. The largest absolute Gasteiger partial charge is 0.395 e. The van der Waals surface area contributed by atoms with Gasteiger partial charge in [0.2, 0.25) is 0 Å². The Morgan fingerprint density at radius 2 is 2.33 bits per heavy atom. The first-order valence-electron chi connectivity index (χ1n) is 4.44. The Morgan fingerprint density at radius 3 is 2.80 bits per heavy atom. The normalized spacial score (nSPS) is 12.5. The van der Waals surface area contributed by atoms with Crippen molar-refractivity contribution in [3.8, 4) is 0 Å². The summed E-state index contributed by atoms with van der Waals surface area (Å²) in [6.45, 7) is 3.53. The number of thioether (sulfide) groups is 1. The van der Waals surface area contributed by atoms with Gasteiger partial charge in [-0.05, 0) is 13.0 Å². The van der Waals surface area contributed by atoms with Crippen LogP contribution < -0.4 is 0 Å². The highest BCUT2D eigenvalue weighted by Crippen LogP contribution is 2.24. The summed E-state index contributed by atoms with van der Waals surface area (Å²) in [5, 5.41) is 20.1. The number of aliphatic hydroxyl groups is 1. The van der Waals surface area contributed by atoms with Gasteiger partial charge in [-0.15, -0.1) is 11.8 Å². The van der Waals surface area contributed by atoms with Gasteiger partial charge < -0.3 is 5.11 Å². The number of hydrogen-bond donors (Lipinski definition) is 1. The van der Waals surface area contributed by atoms with E-state index in [4.69, 9.17) is 5.11 Å². The Labute approximate surface area is 91.7 Å². The van der Waals surface area contributed by atoms with Crippen LogP contribution in [0.25, 0.3) is 0 Å². The van der Waals surface area contributed by atoms with Gasteiger partial charge in [0.25, 0.3) is 5.69 Å². The van der Waals surface area contributed by atoms with Gasteiger partial charge in [-0.3, -0.25) is 10.1 Å². The van der Waals surface area contributed by atoms with E-state index < -0.39 is 4.92 Å². The third kappa shape index (κ3) is 3.17. The van der Waals surface area contributed by atoms with Crippen molar-refractivity contribution < 1.29 is 10.0 Å². The molecular formula is C9H12N2O3S. The lowest BCUT2D eigenvalue weighted by Gasteiger charge is -2.06. The van der Waals surface area contributed by atoms with Crippen LogP contribution >= 0.6 is 11.8 Å². The van der Waals surface area contributed by atoms with Gasteiger partial charge in [0.15, 0.2) is 0 Å². The van der Waals surface area contributed by atoms with E-state index in [0.29, 0.717) is 10.7 Å². The second-order valence-corrected chi connectivity index (χ2v) is 4.58. The Kier molecular flexibility index (Phi) is 4.05. The molecule has 1 rings (SSSR count). The van der Waals surface area contributed by atoms with Crippen molar-refractivity contribution in [3.05, 3.63) is 27.9 Å². The van der Waals surface area contributed by atoms with Crippen molar-refractivity contribution in [1.82, 2.24) is 4.98 Å². The molecule has 0 amide bonds. The van der Waals surface area contributed by atoms with E-state index in [9.17, 15) is 10.1 Å². The molecule has 0 aliphatic rings. The summed E-state index contributed by atoms with van der Waals surface area (Å²) in [6.07, 6.45) is 0. The van der Waals surface area contributed by atoms with Crippen LogP contribution in [0.15, 0.2) is 17.2 Å². The molecule has 0 saturated carbocycles. The van der Waals surface area contributed by atoms with Gasteiger partial charge in [-0.2, -0.15) is 0 Å². The van der Waals surface area contributed by atoms with Crippen LogP contribution in [-0.2, 0) is 0 Å². The van der Waals surface area contributed by atoms with E-state index in [1.165, 1.54) is 17.8 Å². The second kappa shape index (κ2) is 5.09. The van der Waals surface area contributed by atoms with E-state index in [1.807, 2.05) is 6.92 Å². The number of aliphatic hydroxyl groups excluding tert-OH is 1. The molecule has 0 aliphatic carbocycles. The lowest BCUT2D eigenvalue weighted by Crippen LogP contribution is -2.03. The van der Waals surface area contributed by atoms with Gasteiger partial charge in [0.05, 0.1) is 16.6 Å². The lowest BCUT2D eigenvalue weighted by molar-refractivity contribution is -0.385. The summed E-state index contributed by atoms with van der Waals surface area (Å²) in [6, 6.07) is 3.04. The van der Waals surface area contributed by atoms with Crippen molar-refractivity contribution in [2.24, 2.45) is 0 Å². The number of aryl methyl sites for hydroxylation is 1. The van der Waals surface area contributed by atoms with E-state index in [1.54, 1.807) is 13.0 Å². The molecule has 0 bridgehead atoms. The monoisotopic (exact) mass is 228 g/mol. The topological polar surface area (TPSA) is 76.3 Å². The van der Waals surface area contributed by atoms with Crippen molar-refractivity contribution in [2.75, 3.05) is 6.61 Å². The van der Waals surface area contributed by atoms with Crippen LogP contribution in [-0.4, -0.2) is 26.9 Å². The van der Waals surface area contributed by atoms with Crippen molar-refractivity contribution in [2.45, 2.75) is 24.1 Å². The molecule has 1 heterocycles. The Bertz CT molecular complexity index is 370. The number of pyridine rings is 1. The fourth-order valence-electron chi connectivity index (χ4n) is 1.03. The Hall–Kier alpha value is -1.14. The molecule has 1 unspecified atom stereocenters. The second-order valence-electron chi connectivity index (χ2n) is 3.12.